The van der Waals surface area contributed by atoms with Gasteiger partial charge >= 0.3 is 0 Å². The predicted molar refractivity (Wildman–Crippen MR) is 115 cm³/mol. The predicted octanol–water partition coefficient (Wildman–Crippen LogP) is 2.62. The lowest BCUT2D eigenvalue weighted by Gasteiger charge is -2.25. The summed E-state index contributed by atoms with van der Waals surface area (Å²) in [6.07, 6.45) is 1.96. The van der Waals surface area contributed by atoms with Crippen molar-refractivity contribution in [3.63, 3.8) is 0 Å². The van der Waals surface area contributed by atoms with Gasteiger partial charge in [-0.2, -0.15) is 0 Å². The van der Waals surface area contributed by atoms with Crippen LogP contribution in [0.4, 0.5) is 5.69 Å². The maximum absolute atomic E-state index is 4.67. The number of nitrogens with zero attached hydrogens (tertiary/aromatic N) is 5. The molecule has 148 valence electrons. The first-order valence-corrected chi connectivity index (χ1v) is 9.84. The zero-order valence-corrected chi connectivity index (χ0v) is 16.9. The molecule has 1 aromatic carbocycles. The van der Waals surface area contributed by atoms with Crippen LogP contribution in [0.2, 0.25) is 0 Å². The number of benzene rings is 1. The Balaban J connectivity index is 1.61. The molecule has 0 bridgehead atoms. The van der Waals surface area contributed by atoms with E-state index in [1.807, 2.05) is 28.8 Å². The second-order valence-corrected chi connectivity index (χ2v) is 6.53. The molecular formula is C21H29N7. The van der Waals surface area contributed by atoms with Gasteiger partial charge in [-0.3, -0.25) is 4.40 Å². The third-order valence-corrected chi connectivity index (χ3v) is 4.62. The molecule has 0 saturated carbocycles. The van der Waals surface area contributed by atoms with Gasteiger partial charge in [0.25, 0.3) is 0 Å². The SMILES string of the molecule is CCNC(=NCc1nnc2ccccn12)NCCN(CC)c1ccccc1C. The molecule has 28 heavy (non-hydrogen) atoms. The first-order valence-electron chi connectivity index (χ1n) is 9.84. The van der Waals surface area contributed by atoms with E-state index in [0.717, 1.165) is 43.6 Å². The first kappa shape index (κ1) is 19.7. The number of hydrogen-bond donors (Lipinski definition) is 2. The van der Waals surface area contributed by atoms with Gasteiger partial charge in [0, 0.05) is 38.1 Å². The maximum Gasteiger partial charge on any atom is 0.191 e. The molecule has 2 aromatic heterocycles. The molecule has 0 atom stereocenters. The molecule has 0 spiro atoms. The Morgan fingerprint density at radius 3 is 2.68 bits per heavy atom. The summed E-state index contributed by atoms with van der Waals surface area (Å²) in [5.41, 5.74) is 3.41. The molecule has 0 aliphatic heterocycles. The van der Waals surface area contributed by atoms with E-state index < -0.39 is 0 Å². The maximum atomic E-state index is 4.67. The fourth-order valence-electron chi connectivity index (χ4n) is 3.17. The van der Waals surface area contributed by atoms with Gasteiger partial charge < -0.3 is 15.5 Å². The first-order chi connectivity index (χ1) is 13.7. The molecule has 7 heteroatoms. The molecule has 2 N–H and O–H groups in total. The topological polar surface area (TPSA) is 69.8 Å². The molecule has 0 fully saturated rings. The number of hydrogen-bond acceptors (Lipinski definition) is 4. The Labute approximate surface area is 166 Å². The van der Waals surface area contributed by atoms with Gasteiger partial charge in [0.15, 0.2) is 17.4 Å². The van der Waals surface area contributed by atoms with E-state index in [1.165, 1.54) is 11.3 Å². The molecule has 7 nitrogen and oxygen atoms in total. The highest BCUT2D eigenvalue weighted by Crippen LogP contribution is 2.18. The second kappa shape index (κ2) is 9.73. The monoisotopic (exact) mass is 379 g/mol. The molecule has 0 radical (unpaired) electrons. The van der Waals surface area contributed by atoms with E-state index in [4.69, 9.17) is 0 Å². The Bertz CT molecular complexity index is 916. The minimum absolute atomic E-state index is 0.468. The number of nitrogens with one attached hydrogen (secondary N) is 2. The number of aromatic nitrogens is 3. The van der Waals surface area contributed by atoms with Crippen LogP contribution in [0.25, 0.3) is 5.65 Å². The van der Waals surface area contributed by atoms with E-state index in [1.54, 1.807) is 0 Å². The van der Waals surface area contributed by atoms with Gasteiger partial charge in [-0.05, 0) is 44.5 Å². The Morgan fingerprint density at radius 2 is 1.89 bits per heavy atom. The number of aliphatic imine (C=N–C) groups is 1. The smallest absolute Gasteiger partial charge is 0.191 e. The Hall–Kier alpha value is -3.09. The van der Waals surface area contributed by atoms with Crippen LogP contribution in [0.1, 0.15) is 25.2 Å². The van der Waals surface area contributed by atoms with Gasteiger partial charge in [-0.1, -0.05) is 24.3 Å². The van der Waals surface area contributed by atoms with Crippen LogP contribution in [0.3, 0.4) is 0 Å². The van der Waals surface area contributed by atoms with Gasteiger partial charge in [0.05, 0.1) is 0 Å². The molecule has 0 aliphatic carbocycles. The summed E-state index contributed by atoms with van der Waals surface area (Å²) in [4.78, 5) is 7.04. The average molecular weight is 380 g/mol. The molecule has 0 unspecified atom stereocenters. The van der Waals surface area contributed by atoms with Crippen LogP contribution in [0.5, 0.6) is 0 Å². The lowest BCUT2D eigenvalue weighted by Crippen LogP contribution is -2.41. The van der Waals surface area contributed by atoms with Gasteiger partial charge in [0.1, 0.15) is 6.54 Å². The van der Waals surface area contributed by atoms with E-state index in [-0.39, 0.29) is 0 Å². The molecule has 3 rings (SSSR count). The minimum Gasteiger partial charge on any atom is -0.370 e. The van der Waals surface area contributed by atoms with Crippen molar-refractivity contribution in [2.75, 3.05) is 31.1 Å². The van der Waals surface area contributed by atoms with Gasteiger partial charge in [-0.15, -0.1) is 10.2 Å². The number of fused-ring (bicyclic) bond motifs is 1. The largest absolute Gasteiger partial charge is 0.370 e. The van der Waals surface area contributed by atoms with E-state index >= 15 is 0 Å². The normalized spacial score (nSPS) is 11.6. The second-order valence-electron chi connectivity index (χ2n) is 6.53. The highest BCUT2D eigenvalue weighted by Gasteiger charge is 2.08. The lowest BCUT2D eigenvalue weighted by atomic mass is 10.2. The number of para-hydroxylation sites is 1. The Kier molecular flexibility index (Phi) is 6.84. The fourth-order valence-corrected chi connectivity index (χ4v) is 3.17. The van der Waals surface area contributed by atoms with Crippen LogP contribution >= 0.6 is 0 Å². The summed E-state index contributed by atoms with van der Waals surface area (Å²) in [6, 6.07) is 14.4. The van der Waals surface area contributed by atoms with Crippen LogP contribution in [0, 0.1) is 6.92 Å². The van der Waals surface area contributed by atoms with Gasteiger partial charge in [-0.25, -0.2) is 4.99 Å². The van der Waals surface area contributed by atoms with Crippen molar-refractivity contribution in [3.05, 3.63) is 60.0 Å². The molecule has 0 amide bonds. The number of aryl methyl sites for hydroxylation is 1. The molecular weight excluding hydrogens is 350 g/mol. The zero-order chi connectivity index (χ0) is 19.8. The number of rotatable bonds is 8. The number of pyridine rings is 1. The van der Waals surface area contributed by atoms with Crippen molar-refractivity contribution in [1.29, 1.82) is 0 Å². The highest BCUT2D eigenvalue weighted by molar-refractivity contribution is 5.79. The molecule has 0 saturated heterocycles. The van der Waals surface area contributed by atoms with E-state index in [9.17, 15) is 0 Å². The summed E-state index contributed by atoms with van der Waals surface area (Å²) >= 11 is 0. The third-order valence-electron chi connectivity index (χ3n) is 4.62. The number of guanidine groups is 1. The molecule has 2 heterocycles. The standard InChI is InChI=1S/C21H29N7/c1-4-22-21(24-16-20-26-25-19-12-8-9-14-28(19)20)23-13-15-27(5-2)18-11-7-6-10-17(18)3/h6-12,14H,4-5,13,15-16H2,1-3H3,(H2,22,23,24). The van der Waals surface area contributed by atoms with E-state index in [0.29, 0.717) is 6.54 Å². The summed E-state index contributed by atoms with van der Waals surface area (Å²) in [7, 11) is 0. The summed E-state index contributed by atoms with van der Waals surface area (Å²) in [6.45, 7) is 10.3. The molecule has 3 aromatic rings. The summed E-state index contributed by atoms with van der Waals surface area (Å²) in [5.74, 6) is 1.61. The number of likely N-dealkylation sites (N-methyl/N-ethyl adjacent to an activating group) is 1. The van der Waals surface area contributed by atoms with Crippen molar-refractivity contribution >= 4 is 17.3 Å². The summed E-state index contributed by atoms with van der Waals surface area (Å²) in [5, 5.41) is 15.1. The quantitative estimate of drug-likeness (QED) is 0.465. The van der Waals surface area contributed by atoms with Crippen LogP contribution in [0.15, 0.2) is 53.7 Å². The van der Waals surface area contributed by atoms with Crippen molar-refractivity contribution in [3.8, 4) is 0 Å². The fraction of sp³-hybridized carbons (Fsp3) is 0.381. The van der Waals surface area contributed by atoms with Crippen molar-refractivity contribution in [1.82, 2.24) is 25.2 Å². The van der Waals surface area contributed by atoms with Gasteiger partial charge in [0.2, 0.25) is 0 Å². The third kappa shape index (κ3) is 4.79. The van der Waals surface area contributed by atoms with Crippen molar-refractivity contribution in [2.24, 2.45) is 4.99 Å². The lowest BCUT2D eigenvalue weighted by molar-refractivity contribution is 0.746. The van der Waals surface area contributed by atoms with Crippen molar-refractivity contribution < 1.29 is 0 Å². The summed E-state index contributed by atoms with van der Waals surface area (Å²) < 4.78 is 1.96. The number of anilines is 1. The van der Waals surface area contributed by atoms with Crippen molar-refractivity contribution in [2.45, 2.75) is 27.3 Å². The minimum atomic E-state index is 0.468. The van der Waals surface area contributed by atoms with Crippen LogP contribution in [-0.4, -0.2) is 46.7 Å². The van der Waals surface area contributed by atoms with E-state index in [2.05, 4.69) is 75.8 Å². The average Bonchev–Trinajstić information content (AvgIpc) is 3.13. The Morgan fingerprint density at radius 1 is 1.07 bits per heavy atom. The van der Waals surface area contributed by atoms with Crippen LogP contribution in [-0.2, 0) is 6.54 Å². The highest BCUT2D eigenvalue weighted by atomic mass is 15.3. The molecule has 0 aliphatic rings. The van der Waals surface area contributed by atoms with Crippen LogP contribution < -0.4 is 15.5 Å². The zero-order valence-electron chi connectivity index (χ0n) is 16.9.